The lowest BCUT2D eigenvalue weighted by atomic mass is 9.73. The van der Waals surface area contributed by atoms with Crippen LogP contribution in [0.25, 0.3) is 0 Å². The summed E-state index contributed by atoms with van der Waals surface area (Å²) in [7, 11) is 1.85. The van der Waals surface area contributed by atoms with Crippen molar-refractivity contribution in [3.63, 3.8) is 0 Å². The largest absolute Gasteiger partial charge is 0.377 e. The van der Waals surface area contributed by atoms with Crippen molar-refractivity contribution in [2.75, 3.05) is 7.11 Å². The van der Waals surface area contributed by atoms with Crippen LogP contribution >= 0.6 is 0 Å². The Hall–Kier alpha value is -0.120. The van der Waals surface area contributed by atoms with E-state index in [4.69, 9.17) is 10.6 Å². The summed E-state index contributed by atoms with van der Waals surface area (Å²) in [6.07, 6.45) is 8.43. The molecule has 0 bridgehead atoms. The Morgan fingerprint density at radius 2 is 2.00 bits per heavy atom. The lowest BCUT2D eigenvalue weighted by Crippen LogP contribution is -2.56. The van der Waals surface area contributed by atoms with Crippen LogP contribution in [0.2, 0.25) is 0 Å². The highest BCUT2D eigenvalue weighted by atomic mass is 16.5. The van der Waals surface area contributed by atoms with Crippen molar-refractivity contribution >= 4 is 0 Å². The molecule has 0 amide bonds. The molecule has 2 unspecified atom stereocenters. The van der Waals surface area contributed by atoms with E-state index in [1.807, 2.05) is 7.11 Å². The van der Waals surface area contributed by atoms with E-state index in [2.05, 4.69) is 26.2 Å². The molecule has 3 N–H and O–H groups in total. The highest BCUT2D eigenvalue weighted by Gasteiger charge is 2.41. The van der Waals surface area contributed by atoms with Gasteiger partial charge in [-0.1, -0.05) is 33.6 Å². The second-order valence-electron chi connectivity index (χ2n) is 6.30. The molecule has 18 heavy (non-hydrogen) atoms. The van der Waals surface area contributed by atoms with Gasteiger partial charge in [-0.05, 0) is 43.9 Å². The summed E-state index contributed by atoms with van der Waals surface area (Å²) in [5.41, 5.74) is 3.00. The van der Waals surface area contributed by atoms with Gasteiger partial charge in [-0.15, -0.1) is 0 Å². The van der Waals surface area contributed by atoms with Gasteiger partial charge in [-0.2, -0.15) is 0 Å². The zero-order chi connectivity index (χ0) is 13.6. The molecule has 0 aromatic carbocycles. The number of hydrazine groups is 1. The first kappa shape index (κ1) is 15.9. The minimum atomic E-state index is -0.0384. The van der Waals surface area contributed by atoms with Crippen LogP contribution in [-0.2, 0) is 4.74 Å². The lowest BCUT2D eigenvalue weighted by Gasteiger charge is -2.44. The molecule has 0 spiro atoms. The standard InChI is InChI=1S/C15H32N2O/c1-5-6-13(3)11-14(17-16)15(18-4)9-7-12(2)8-10-15/h12-14,17H,5-11,16H2,1-4H3. The Morgan fingerprint density at radius 3 is 2.44 bits per heavy atom. The van der Waals surface area contributed by atoms with Crippen LogP contribution in [0.15, 0.2) is 0 Å². The van der Waals surface area contributed by atoms with E-state index in [0.717, 1.165) is 25.2 Å². The van der Waals surface area contributed by atoms with Gasteiger partial charge in [0.15, 0.2) is 0 Å². The van der Waals surface area contributed by atoms with Gasteiger partial charge >= 0.3 is 0 Å². The molecule has 0 saturated heterocycles. The molecule has 1 fully saturated rings. The van der Waals surface area contributed by atoms with Gasteiger partial charge in [0.25, 0.3) is 0 Å². The summed E-state index contributed by atoms with van der Waals surface area (Å²) < 4.78 is 5.92. The number of rotatable bonds is 7. The van der Waals surface area contributed by atoms with Crippen LogP contribution in [0.3, 0.4) is 0 Å². The molecule has 0 aliphatic heterocycles. The van der Waals surface area contributed by atoms with Crippen molar-refractivity contribution in [3.8, 4) is 0 Å². The zero-order valence-electron chi connectivity index (χ0n) is 12.7. The van der Waals surface area contributed by atoms with E-state index in [-0.39, 0.29) is 11.6 Å². The van der Waals surface area contributed by atoms with E-state index in [0.29, 0.717) is 5.92 Å². The van der Waals surface area contributed by atoms with Gasteiger partial charge < -0.3 is 4.74 Å². The molecule has 0 heterocycles. The summed E-state index contributed by atoms with van der Waals surface area (Å²) in [6.45, 7) is 6.91. The second-order valence-corrected chi connectivity index (χ2v) is 6.30. The predicted molar refractivity (Wildman–Crippen MR) is 77.2 cm³/mol. The number of hydrogen-bond acceptors (Lipinski definition) is 3. The van der Waals surface area contributed by atoms with Crippen molar-refractivity contribution in [2.45, 2.75) is 77.4 Å². The fourth-order valence-corrected chi connectivity index (χ4v) is 3.39. The van der Waals surface area contributed by atoms with Crippen molar-refractivity contribution in [1.82, 2.24) is 5.43 Å². The maximum Gasteiger partial charge on any atom is 0.0844 e. The highest BCUT2D eigenvalue weighted by molar-refractivity contribution is 4.96. The van der Waals surface area contributed by atoms with E-state index in [1.165, 1.54) is 25.7 Å². The summed E-state index contributed by atoms with van der Waals surface area (Å²) in [4.78, 5) is 0. The molecule has 3 heteroatoms. The van der Waals surface area contributed by atoms with Crippen molar-refractivity contribution in [3.05, 3.63) is 0 Å². The quantitative estimate of drug-likeness (QED) is 0.543. The first-order chi connectivity index (χ1) is 8.57. The molecular formula is C15H32N2O. The number of methoxy groups -OCH3 is 1. The van der Waals surface area contributed by atoms with Crippen molar-refractivity contribution < 1.29 is 4.74 Å². The van der Waals surface area contributed by atoms with Crippen LogP contribution < -0.4 is 11.3 Å². The summed E-state index contributed by atoms with van der Waals surface area (Å²) in [5.74, 6) is 7.36. The minimum absolute atomic E-state index is 0.0384. The minimum Gasteiger partial charge on any atom is -0.377 e. The Bertz CT molecular complexity index is 225. The first-order valence-corrected chi connectivity index (χ1v) is 7.59. The number of nitrogens with two attached hydrogens (primary N) is 1. The van der Waals surface area contributed by atoms with Crippen molar-refractivity contribution in [2.24, 2.45) is 17.7 Å². The number of nitrogens with one attached hydrogen (secondary N) is 1. The SMILES string of the molecule is CCCC(C)CC(NN)C1(OC)CCC(C)CC1. The van der Waals surface area contributed by atoms with E-state index in [1.54, 1.807) is 0 Å². The van der Waals surface area contributed by atoms with Crippen LogP contribution in [-0.4, -0.2) is 18.8 Å². The summed E-state index contributed by atoms with van der Waals surface area (Å²) in [5, 5.41) is 0. The maximum absolute atomic E-state index is 5.92. The van der Waals surface area contributed by atoms with Gasteiger partial charge in [0, 0.05) is 7.11 Å². The van der Waals surface area contributed by atoms with Crippen LogP contribution in [0, 0.1) is 11.8 Å². The third-order valence-electron chi connectivity index (χ3n) is 4.78. The van der Waals surface area contributed by atoms with Gasteiger partial charge in [0.2, 0.25) is 0 Å². The predicted octanol–water partition coefficient (Wildman–Crippen LogP) is 3.24. The number of ether oxygens (including phenoxy) is 1. The number of hydrogen-bond donors (Lipinski definition) is 2. The Morgan fingerprint density at radius 1 is 1.39 bits per heavy atom. The Balaban J connectivity index is 2.64. The molecule has 1 saturated carbocycles. The third-order valence-corrected chi connectivity index (χ3v) is 4.78. The third kappa shape index (κ3) is 3.94. The fourth-order valence-electron chi connectivity index (χ4n) is 3.39. The molecular weight excluding hydrogens is 224 g/mol. The van der Waals surface area contributed by atoms with Gasteiger partial charge in [0.05, 0.1) is 11.6 Å². The smallest absolute Gasteiger partial charge is 0.0844 e. The van der Waals surface area contributed by atoms with Gasteiger partial charge in [-0.25, -0.2) is 0 Å². The molecule has 1 rings (SSSR count). The first-order valence-electron chi connectivity index (χ1n) is 7.59. The topological polar surface area (TPSA) is 47.3 Å². The Kier molecular flexibility index (Phi) is 6.61. The van der Waals surface area contributed by atoms with Crippen LogP contribution in [0.4, 0.5) is 0 Å². The second kappa shape index (κ2) is 7.46. The molecule has 0 aromatic heterocycles. The van der Waals surface area contributed by atoms with E-state index in [9.17, 15) is 0 Å². The average Bonchev–Trinajstić information content (AvgIpc) is 2.38. The van der Waals surface area contributed by atoms with E-state index >= 15 is 0 Å². The summed E-state index contributed by atoms with van der Waals surface area (Å²) in [6, 6.07) is 0.288. The molecule has 1 aliphatic carbocycles. The van der Waals surface area contributed by atoms with Crippen molar-refractivity contribution in [1.29, 1.82) is 0 Å². The van der Waals surface area contributed by atoms with Crippen LogP contribution in [0.5, 0.6) is 0 Å². The highest BCUT2D eigenvalue weighted by Crippen LogP contribution is 2.38. The summed E-state index contributed by atoms with van der Waals surface area (Å²) >= 11 is 0. The molecule has 2 atom stereocenters. The maximum atomic E-state index is 5.92. The fraction of sp³-hybridized carbons (Fsp3) is 1.00. The van der Waals surface area contributed by atoms with Gasteiger partial charge in [0.1, 0.15) is 0 Å². The normalized spacial score (nSPS) is 32.2. The zero-order valence-corrected chi connectivity index (χ0v) is 12.7. The van der Waals surface area contributed by atoms with Gasteiger partial charge in [-0.3, -0.25) is 11.3 Å². The lowest BCUT2D eigenvalue weighted by molar-refractivity contribution is -0.0794. The molecule has 3 nitrogen and oxygen atoms in total. The molecule has 0 radical (unpaired) electrons. The average molecular weight is 256 g/mol. The monoisotopic (exact) mass is 256 g/mol. The molecule has 108 valence electrons. The van der Waals surface area contributed by atoms with E-state index < -0.39 is 0 Å². The Labute approximate surface area is 113 Å². The molecule has 0 aromatic rings. The van der Waals surface area contributed by atoms with Crippen LogP contribution in [0.1, 0.15) is 65.7 Å². The molecule has 1 aliphatic rings.